The van der Waals surface area contributed by atoms with Crippen molar-refractivity contribution < 1.29 is 13.6 Å². The first-order chi connectivity index (χ1) is 11.8. The molecule has 25 heavy (non-hydrogen) atoms. The summed E-state index contributed by atoms with van der Waals surface area (Å²) in [6, 6.07) is 1.96. The molecule has 1 aromatic rings. The molecule has 1 amide bonds. The normalized spacial score (nSPS) is 25.8. The molecule has 4 heterocycles. The number of anilines is 3. The number of likely N-dealkylation sites (N-methyl/N-ethyl adjacent to an activating group) is 1. The summed E-state index contributed by atoms with van der Waals surface area (Å²) in [4.78, 5) is 25.0. The van der Waals surface area contributed by atoms with E-state index in [1.807, 2.05) is 0 Å². The Labute approximate surface area is 146 Å². The van der Waals surface area contributed by atoms with Crippen molar-refractivity contribution in [3.8, 4) is 0 Å². The molecule has 2 fully saturated rings. The van der Waals surface area contributed by atoms with Gasteiger partial charge < -0.3 is 14.7 Å². The molecule has 0 saturated carbocycles. The Balaban J connectivity index is 1.63. The van der Waals surface area contributed by atoms with Crippen molar-refractivity contribution in [3.05, 3.63) is 12.3 Å². The van der Waals surface area contributed by atoms with Crippen LogP contribution in [-0.2, 0) is 4.79 Å². The molecule has 0 aliphatic carbocycles. The first-order valence-corrected chi connectivity index (χ1v) is 8.68. The number of carbonyl (C=O) groups is 1. The number of carbonyl (C=O) groups excluding carboxylic acids is 1. The van der Waals surface area contributed by atoms with E-state index in [1.165, 1.54) is 0 Å². The van der Waals surface area contributed by atoms with Crippen molar-refractivity contribution in [2.45, 2.75) is 31.9 Å². The summed E-state index contributed by atoms with van der Waals surface area (Å²) in [5.74, 6) is -1.83. The summed E-state index contributed by atoms with van der Waals surface area (Å²) in [7, 11) is 1.74. The third-order valence-electron chi connectivity index (χ3n) is 5.43. The number of rotatable bonds is 2. The zero-order chi connectivity index (χ0) is 17.9. The van der Waals surface area contributed by atoms with Gasteiger partial charge in [0.2, 0.25) is 0 Å². The quantitative estimate of drug-likeness (QED) is 0.806. The second kappa shape index (κ2) is 5.52. The van der Waals surface area contributed by atoms with Crippen molar-refractivity contribution >= 4 is 23.1 Å². The number of piperazine rings is 1. The topological polar surface area (TPSA) is 42.9 Å². The summed E-state index contributed by atoms with van der Waals surface area (Å²) < 4.78 is 26.3. The average Bonchev–Trinajstić information content (AvgIpc) is 2.56. The molecule has 3 aliphatic rings. The molecule has 136 valence electrons. The van der Waals surface area contributed by atoms with Crippen LogP contribution in [0.5, 0.6) is 0 Å². The number of pyridine rings is 1. The van der Waals surface area contributed by atoms with E-state index < -0.39 is 5.92 Å². The first kappa shape index (κ1) is 16.5. The highest BCUT2D eigenvalue weighted by atomic mass is 19.3. The predicted octanol–water partition coefficient (Wildman–Crippen LogP) is 1.41. The molecule has 0 spiro atoms. The summed E-state index contributed by atoms with van der Waals surface area (Å²) in [6.07, 6.45) is 1.64. The maximum absolute atomic E-state index is 13.1. The Morgan fingerprint density at radius 1 is 1.28 bits per heavy atom. The van der Waals surface area contributed by atoms with Gasteiger partial charge >= 0.3 is 0 Å². The van der Waals surface area contributed by atoms with Crippen LogP contribution in [0.4, 0.5) is 26.0 Å². The van der Waals surface area contributed by atoms with Gasteiger partial charge in [-0.05, 0) is 19.9 Å². The maximum atomic E-state index is 13.1. The zero-order valence-corrected chi connectivity index (χ0v) is 14.7. The van der Waals surface area contributed by atoms with E-state index in [4.69, 9.17) is 0 Å². The highest BCUT2D eigenvalue weighted by Crippen LogP contribution is 2.39. The summed E-state index contributed by atoms with van der Waals surface area (Å²) in [6.45, 7) is 5.99. The van der Waals surface area contributed by atoms with Crippen molar-refractivity contribution in [2.24, 2.45) is 0 Å². The first-order valence-electron chi connectivity index (χ1n) is 8.68. The monoisotopic (exact) mass is 351 g/mol. The van der Waals surface area contributed by atoms with Crippen LogP contribution in [0.2, 0.25) is 0 Å². The average molecular weight is 351 g/mol. The van der Waals surface area contributed by atoms with E-state index in [2.05, 4.69) is 28.6 Å². The summed E-state index contributed by atoms with van der Waals surface area (Å²) in [5, 5.41) is 0. The van der Waals surface area contributed by atoms with Gasteiger partial charge in [-0.3, -0.25) is 9.69 Å². The minimum Gasteiger partial charge on any atom is -0.358 e. The largest absolute Gasteiger partial charge is 0.358 e. The number of amides is 1. The van der Waals surface area contributed by atoms with E-state index >= 15 is 0 Å². The molecule has 2 saturated heterocycles. The molecule has 1 unspecified atom stereocenters. The van der Waals surface area contributed by atoms with E-state index in [1.54, 1.807) is 29.1 Å². The molecule has 8 heteroatoms. The molecule has 0 N–H and O–H groups in total. The molecule has 0 radical (unpaired) electrons. The fourth-order valence-electron chi connectivity index (χ4n) is 3.85. The van der Waals surface area contributed by atoms with Crippen molar-refractivity contribution in [2.75, 3.05) is 54.5 Å². The molecule has 1 atom stereocenters. The number of fused-ring (bicyclic) bond motifs is 3. The third-order valence-corrected chi connectivity index (χ3v) is 5.43. The number of nitrogens with zero attached hydrogens (tertiary/aromatic N) is 5. The molecular formula is C17H23F2N5O. The Morgan fingerprint density at radius 2 is 2.00 bits per heavy atom. The van der Waals surface area contributed by atoms with Crippen LogP contribution in [0.3, 0.4) is 0 Å². The SMILES string of the molecule is CC(C)N1CCN2c3ncc(N4CC(F)(F)C4)cc3N(C)C(=O)C2C1. The van der Waals surface area contributed by atoms with Crippen LogP contribution in [0.25, 0.3) is 0 Å². The Hall–Kier alpha value is -1.96. The van der Waals surface area contributed by atoms with Gasteiger partial charge in [-0.15, -0.1) is 0 Å². The minimum atomic E-state index is -2.63. The van der Waals surface area contributed by atoms with Crippen LogP contribution in [0, 0.1) is 0 Å². The molecule has 0 bridgehead atoms. The Morgan fingerprint density at radius 3 is 2.64 bits per heavy atom. The lowest BCUT2D eigenvalue weighted by molar-refractivity contribution is -0.121. The zero-order valence-electron chi connectivity index (χ0n) is 14.7. The molecular weight excluding hydrogens is 328 g/mol. The second-order valence-corrected chi connectivity index (χ2v) is 7.44. The molecule has 0 aromatic carbocycles. The van der Waals surface area contributed by atoms with Gasteiger partial charge in [-0.1, -0.05) is 0 Å². The van der Waals surface area contributed by atoms with Crippen LogP contribution < -0.4 is 14.7 Å². The van der Waals surface area contributed by atoms with Crippen LogP contribution >= 0.6 is 0 Å². The number of aromatic nitrogens is 1. The second-order valence-electron chi connectivity index (χ2n) is 7.44. The van der Waals surface area contributed by atoms with Crippen molar-refractivity contribution in [1.29, 1.82) is 0 Å². The summed E-state index contributed by atoms with van der Waals surface area (Å²) in [5.41, 5.74) is 1.34. The smallest absolute Gasteiger partial charge is 0.282 e. The highest BCUT2D eigenvalue weighted by Gasteiger charge is 2.45. The predicted molar refractivity (Wildman–Crippen MR) is 92.7 cm³/mol. The van der Waals surface area contributed by atoms with Crippen molar-refractivity contribution in [3.63, 3.8) is 0 Å². The highest BCUT2D eigenvalue weighted by molar-refractivity contribution is 6.05. The maximum Gasteiger partial charge on any atom is 0.282 e. The van der Waals surface area contributed by atoms with Gasteiger partial charge in [-0.2, -0.15) is 0 Å². The van der Waals surface area contributed by atoms with Crippen LogP contribution in [-0.4, -0.2) is 73.6 Å². The lowest BCUT2D eigenvalue weighted by Gasteiger charge is -2.48. The van der Waals surface area contributed by atoms with Gasteiger partial charge in [0.25, 0.3) is 11.8 Å². The standard InChI is InChI=1S/C17H23F2N5O/c1-11(2)22-4-5-24-14(8-22)16(25)21(3)13-6-12(7-20-15(13)24)23-9-17(18,19)10-23/h6-7,11,14H,4-5,8-10H2,1-3H3. The lowest BCUT2D eigenvalue weighted by atomic mass is 10.0. The Bertz CT molecular complexity index is 702. The van der Waals surface area contributed by atoms with Gasteiger partial charge in [0.1, 0.15) is 6.04 Å². The number of halogens is 2. The fraction of sp³-hybridized carbons (Fsp3) is 0.647. The van der Waals surface area contributed by atoms with Gasteiger partial charge in [0, 0.05) is 32.7 Å². The number of alkyl halides is 2. The van der Waals surface area contributed by atoms with E-state index in [0.29, 0.717) is 24.0 Å². The van der Waals surface area contributed by atoms with Gasteiger partial charge in [0.15, 0.2) is 5.82 Å². The third kappa shape index (κ3) is 2.63. The fourth-order valence-corrected chi connectivity index (χ4v) is 3.85. The van der Waals surface area contributed by atoms with E-state index in [9.17, 15) is 13.6 Å². The molecule has 1 aromatic heterocycles. The van der Waals surface area contributed by atoms with Gasteiger partial charge in [-0.25, -0.2) is 13.8 Å². The van der Waals surface area contributed by atoms with E-state index in [0.717, 1.165) is 18.9 Å². The number of hydrogen-bond donors (Lipinski definition) is 0. The summed E-state index contributed by atoms with van der Waals surface area (Å²) >= 11 is 0. The van der Waals surface area contributed by atoms with Crippen LogP contribution in [0.15, 0.2) is 12.3 Å². The number of hydrogen-bond acceptors (Lipinski definition) is 5. The van der Waals surface area contributed by atoms with Crippen molar-refractivity contribution in [1.82, 2.24) is 9.88 Å². The molecule has 4 rings (SSSR count). The van der Waals surface area contributed by atoms with E-state index in [-0.39, 0.29) is 25.0 Å². The lowest BCUT2D eigenvalue weighted by Crippen LogP contribution is -2.63. The molecule has 3 aliphatic heterocycles. The molecule has 6 nitrogen and oxygen atoms in total. The van der Waals surface area contributed by atoms with Crippen LogP contribution in [0.1, 0.15) is 13.8 Å². The van der Waals surface area contributed by atoms with Gasteiger partial charge in [0.05, 0.1) is 30.7 Å². The minimum absolute atomic E-state index is 0.0331. The Kier molecular flexibility index (Phi) is 3.64.